The van der Waals surface area contributed by atoms with Gasteiger partial charge in [0.15, 0.2) is 0 Å². The highest BCUT2D eigenvalue weighted by Crippen LogP contribution is 2.31. The van der Waals surface area contributed by atoms with Crippen LogP contribution in [-0.2, 0) is 19.6 Å². The topological polar surface area (TPSA) is 72.5 Å². The quantitative estimate of drug-likeness (QED) is 0.517. The second kappa shape index (κ2) is 8.89. The van der Waals surface area contributed by atoms with Gasteiger partial charge in [0.25, 0.3) is 0 Å². The summed E-state index contributed by atoms with van der Waals surface area (Å²) in [6, 6.07) is 0. The maximum Gasteiger partial charge on any atom is 0.310 e. The standard InChI is InChI=1S/C13H25NO4S2/c1-18-13(15)11-7-6-8-12(11)20(16,17)14-9-4-3-5-10-19-2/h11-12,14H,3-10H2,1-2H3. The molecule has 1 fully saturated rings. The predicted octanol–water partition coefficient (Wildman–Crippen LogP) is 1.78. The fourth-order valence-electron chi connectivity index (χ4n) is 2.59. The zero-order valence-electron chi connectivity index (χ0n) is 12.3. The number of rotatable bonds is 9. The van der Waals surface area contributed by atoms with Crippen molar-refractivity contribution in [2.75, 3.05) is 25.7 Å². The molecular weight excluding hydrogens is 298 g/mol. The Hall–Kier alpha value is -0.270. The van der Waals surface area contributed by atoms with Crippen molar-refractivity contribution in [2.24, 2.45) is 5.92 Å². The maximum absolute atomic E-state index is 12.2. The molecule has 0 bridgehead atoms. The SMILES string of the molecule is COC(=O)C1CCCC1S(=O)(=O)NCCCCCSC. The molecule has 7 heteroatoms. The monoisotopic (exact) mass is 323 g/mol. The van der Waals surface area contributed by atoms with Crippen LogP contribution >= 0.6 is 11.8 Å². The lowest BCUT2D eigenvalue weighted by molar-refractivity contribution is -0.145. The number of unbranched alkanes of at least 4 members (excludes halogenated alkanes) is 2. The molecule has 0 heterocycles. The van der Waals surface area contributed by atoms with Crippen molar-refractivity contribution < 1.29 is 17.9 Å². The molecule has 1 aliphatic rings. The van der Waals surface area contributed by atoms with Crippen molar-refractivity contribution in [2.45, 2.75) is 43.8 Å². The predicted molar refractivity (Wildman–Crippen MR) is 82.3 cm³/mol. The number of ether oxygens (including phenoxy) is 1. The second-order valence-electron chi connectivity index (χ2n) is 5.09. The Labute approximate surface area is 126 Å². The normalized spacial score (nSPS) is 22.9. The first-order valence-electron chi connectivity index (χ1n) is 7.08. The molecule has 20 heavy (non-hydrogen) atoms. The number of carbonyl (C=O) groups excluding carboxylic acids is 1. The smallest absolute Gasteiger partial charge is 0.310 e. The van der Waals surface area contributed by atoms with Crippen LogP contribution in [0.5, 0.6) is 0 Å². The Morgan fingerprint density at radius 1 is 1.30 bits per heavy atom. The van der Waals surface area contributed by atoms with E-state index in [2.05, 4.69) is 11.0 Å². The van der Waals surface area contributed by atoms with E-state index < -0.39 is 27.2 Å². The van der Waals surface area contributed by atoms with Crippen LogP contribution in [0.1, 0.15) is 38.5 Å². The largest absolute Gasteiger partial charge is 0.469 e. The molecule has 0 saturated heterocycles. The van der Waals surface area contributed by atoms with E-state index in [1.165, 1.54) is 7.11 Å². The fraction of sp³-hybridized carbons (Fsp3) is 0.923. The summed E-state index contributed by atoms with van der Waals surface area (Å²) in [6.45, 7) is 0.459. The first-order chi connectivity index (χ1) is 9.53. The molecule has 1 saturated carbocycles. The van der Waals surface area contributed by atoms with E-state index in [9.17, 15) is 13.2 Å². The molecule has 0 aromatic rings. The van der Waals surface area contributed by atoms with Crippen molar-refractivity contribution in [3.63, 3.8) is 0 Å². The molecule has 0 aromatic heterocycles. The molecule has 1 N–H and O–H groups in total. The molecule has 0 aromatic carbocycles. The average Bonchev–Trinajstić information content (AvgIpc) is 2.92. The third-order valence-corrected chi connectivity index (χ3v) is 6.35. The Morgan fingerprint density at radius 2 is 2.05 bits per heavy atom. The third-order valence-electron chi connectivity index (χ3n) is 3.68. The van der Waals surface area contributed by atoms with Crippen molar-refractivity contribution in [1.82, 2.24) is 4.72 Å². The molecule has 118 valence electrons. The highest BCUT2D eigenvalue weighted by atomic mass is 32.2. The summed E-state index contributed by atoms with van der Waals surface area (Å²) in [6.07, 6.45) is 6.95. The maximum atomic E-state index is 12.2. The first kappa shape index (κ1) is 17.8. The second-order valence-corrected chi connectivity index (χ2v) is 8.06. The van der Waals surface area contributed by atoms with Gasteiger partial charge in [0.1, 0.15) is 0 Å². The summed E-state index contributed by atoms with van der Waals surface area (Å²) >= 11 is 1.80. The molecule has 2 unspecified atom stereocenters. The van der Waals surface area contributed by atoms with Gasteiger partial charge in [-0.05, 0) is 37.7 Å². The van der Waals surface area contributed by atoms with Gasteiger partial charge in [0.05, 0.1) is 18.3 Å². The number of methoxy groups -OCH3 is 1. The number of thioether (sulfide) groups is 1. The highest BCUT2D eigenvalue weighted by Gasteiger charge is 2.41. The zero-order chi connectivity index (χ0) is 15.0. The minimum atomic E-state index is -3.41. The van der Waals surface area contributed by atoms with E-state index in [1.54, 1.807) is 11.8 Å². The number of esters is 1. The van der Waals surface area contributed by atoms with Gasteiger partial charge in [-0.2, -0.15) is 11.8 Å². The van der Waals surface area contributed by atoms with E-state index in [-0.39, 0.29) is 0 Å². The van der Waals surface area contributed by atoms with Crippen LogP contribution in [-0.4, -0.2) is 45.3 Å². The van der Waals surface area contributed by atoms with Crippen LogP contribution < -0.4 is 4.72 Å². The minimum absolute atomic E-state index is 0.405. The van der Waals surface area contributed by atoms with Crippen LogP contribution in [0.4, 0.5) is 0 Å². The first-order valence-corrected chi connectivity index (χ1v) is 10.0. The molecular formula is C13H25NO4S2. The van der Waals surface area contributed by atoms with Gasteiger partial charge in [-0.3, -0.25) is 4.79 Å². The zero-order valence-corrected chi connectivity index (χ0v) is 13.9. The molecule has 0 aliphatic heterocycles. The Balaban J connectivity index is 2.41. The lowest BCUT2D eigenvalue weighted by atomic mass is 10.1. The third kappa shape index (κ3) is 5.26. The van der Waals surface area contributed by atoms with Gasteiger partial charge < -0.3 is 4.74 Å². The fourth-order valence-corrected chi connectivity index (χ4v) is 4.88. The van der Waals surface area contributed by atoms with Crippen LogP contribution in [0.15, 0.2) is 0 Å². The van der Waals surface area contributed by atoms with Crippen LogP contribution in [0.3, 0.4) is 0 Å². The molecule has 1 aliphatic carbocycles. The van der Waals surface area contributed by atoms with Gasteiger partial charge in [-0.25, -0.2) is 13.1 Å². The van der Waals surface area contributed by atoms with Gasteiger partial charge >= 0.3 is 5.97 Å². The van der Waals surface area contributed by atoms with E-state index >= 15 is 0 Å². The van der Waals surface area contributed by atoms with E-state index in [1.807, 2.05) is 0 Å². The van der Waals surface area contributed by atoms with E-state index in [0.717, 1.165) is 31.4 Å². The number of carbonyl (C=O) groups is 1. The molecule has 0 spiro atoms. The van der Waals surface area contributed by atoms with E-state index in [4.69, 9.17) is 4.74 Å². The van der Waals surface area contributed by atoms with Crippen LogP contribution in [0.25, 0.3) is 0 Å². The molecule has 0 radical (unpaired) electrons. The molecule has 5 nitrogen and oxygen atoms in total. The Kier molecular flexibility index (Phi) is 7.91. The summed E-state index contributed by atoms with van der Waals surface area (Å²) in [7, 11) is -2.10. The number of sulfonamides is 1. The lowest BCUT2D eigenvalue weighted by Gasteiger charge is -2.18. The molecule has 2 atom stereocenters. The average molecular weight is 323 g/mol. The Bertz CT molecular complexity index is 397. The summed E-state index contributed by atoms with van der Waals surface area (Å²) in [5, 5.41) is -0.624. The number of hydrogen-bond donors (Lipinski definition) is 1. The van der Waals surface area contributed by atoms with Crippen molar-refractivity contribution in [3.8, 4) is 0 Å². The van der Waals surface area contributed by atoms with Crippen molar-refractivity contribution in [3.05, 3.63) is 0 Å². The van der Waals surface area contributed by atoms with Gasteiger partial charge in [0, 0.05) is 6.54 Å². The van der Waals surface area contributed by atoms with Crippen LogP contribution in [0.2, 0.25) is 0 Å². The summed E-state index contributed by atoms with van der Waals surface area (Å²) in [5.41, 5.74) is 0. The molecule has 1 rings (SSSR count). The van der Waals surface area contributed by atoms with Crippen molar-refractivity contribution in [1.29, 1.82) is 0 Å². The summed E-state index contributed by atoms with van der Waals surface area (Å²) in [5.74, 6) is 0.201. The Morgan fingerprint density at radius 3 is 2.70 bits per heavy atom. The minimum Gasteiger partial charge on any atom is -0.469 e. The summed E-state index contributed by atoms with van der Waals surface area (Å²) < 4.78 is 31.8. The van der Waals surface area contributed by atoms with Gasteiger partial charge in [-0.15, -0.1) is 0 Å². The van der Waals surface area contributed by atoms with E-state index in [0.29, 0.717) is 19.4 Å². The number of hydrogen-bond acceptors (Lipinski definition) is 5. The lowest BCUT2D eigenvalue weighted by Crippen LogP contribution is -2.39. The van der Waals surface area contributed by atoms with Crippen LogP contribution in [0, 0.1) is 5.92 Å². The summed E-state index contributed by atoms with van der Waals surface area (Å²) in [4.78, 5) is 11.6. The van der Waals surface area contributed by atoms with Gasteiger partial charge in [-0.1, -0.05) is 12.8 Å². The highest BCUT2D eigenvalue weighted by molar-refractivity contribution is 7.98. The number of nitrogens with one attached hydrogen (secondary N) is 1. The molecule has 0 amide bonds. The van der Waals surface area contributed by atoms with Crippen molar-refractivity contribution >= 4 is 27.8 Å². The van der Waals surface area contributed by atoms with Gasteiger partial charge in [0.2, 0.25) is 10.0 Å².